The number of aromatic amines is 2. The van der Waals surface area contributed by atoms with Crippen LogP contribution in [-0.4, -0.2) is 30.1 Å². The topological polar surface area (TPSA) is 95.2 Å². The zero-order valence-electron chi connectivity index (χ0n) is 22.3. The van der Waals surface area contributed by atoms with Crippen molar-refractivity contribution in [3.05, 3.63) is 94.9 Å². The maximum atomic E-state index is 4.96. The summed E-state index contributed by atoms with van der Waals surface area (Å²) >= 11 is 1.73. The molecule has 8 heteroatoms. The van der Waals surface area contributed by atoms with Crippen LogP contribution in [0, 0.1) is 19.3 Å². The fourth-order valence-electron chi connectivity index (χ4n) is 4.04. The van der Waals surface area contributed by atoms with Gasteiger partial charge in [0.2, 0.25) is 0 Å². The average molecular weight is 522 g/mol. The van der Waals surface area contributed by atoms with E-state index in [9.17, 15) is 0 Å². The molecule has 38 heavy (non-hydrogen) atoms. The number of pyridine rings is 2. The number of aromatic nitrogens is 6. The number of nitrogens with zero attached hydrogens (tertiary/aromatic N) is 4. The van der Waals surface area contributed by atoms with E-state index in [4.69, 9.17) is 9.97 Å². The first-order chi connectivity index (χ1) is 18.1. The standard InChI is InChI=1S/C30H31N7S/c1-8-9-22(25-13-10-17(2)38-25)26-18(3)32-29(35-26)28-27-24(36-37-28)12-11-23(34-27)20-14-21(16-31-15-20)33-19(4)30(5,6)7/h8-16,33H,1,4H2,2-3,5-7H3,(H,32,35)(H,36,37)/b22-9-. The lowest BCUT2D eigenvalue weighted by Gasteiger charge is -2.23. The van der Waals surface area contributed by atoms with Crippen molar-refractivity contribution in [3.63, 3.8) is 0 Å². The van der Waals surface area contributed by atoms with Crippen LogP contribution in [-0.2, 0) is 0 Å². The second-order valence-electron chi connectivity index (χ2n) is 10.3. The lowest BCUT2D eigenvalue weighted by Crippen LogP contribution is -2.15. The number of anilines is 1. The van der Waals surface area contributed by atoms with Gasteiger partial charge in [-0.05, 0) is 44.2 Å². The van der Waals surface area contributed by atoms with Gasteiger partial charge in [-0.3, -0.25) is 10.1 Å². The van der Waals surface area contributed by atoms with Crippen molar-refractivity contribution in [1.29, 1.82) is 0 Å². The molecule has 0 spiro atoms. The number of H-pyrrole nitrogens is 2. The predicted octanol–water partition coefficient (Wildman–Crippen LogP) is 7.68. The molecule has 5 rings (SSSR count). The number of hydrogen-bond donors (Lipinski definition) is 3. The summed E-state index contributed by atoms with van der Waals surface area (Å²) in [7, 11) is 0. The Morgan fingerprint density at radius 3 is 2.61 bits per heavy atom. The second-order valence-corrected chi connectivity index (χ2v) is 11.6. The van der Waals surface area contributed by atoms with Crippen molar-refractivity contribution in [2.45, 2.75) is 34.6 Å². The van der Waals surface area contributed by atoms with Crippen molar-refractivity contribution in [1.82, 2.24) is 30.1 Å². The summed E-state index contributed by atoms with van der Waals surface area (Å²) in [5.41, 5.74) is 8.50. The van der Waals surface area contributed by atoms with Gasteiger partial charge in [0.25, 0.3) is 0 Å². The minimum absolute atomic E-state index is 0.0675. The van der Waals surface area contributed by atoms with Gasteiger partial charge in [-0.15, -0.1) is 11.3 Å². The van der Waals surface area contributed by atoms with Crippen LogP contribution in [0.15, 0.2) is 73.7 Å². The Hall–Kier alpha value is -4.30. The van der Waals surface area contributed by atoms with Gasteiger partial charge in [0.1, 0.15) is 5.52 Å². The van der Waals surface area contributed by atoms with Crippen LogP contribution in [0.25, 0.3) is 39.4 Å². The Kier molecular flexibility index (Phi) is 6.59. The molecule has 192 valence electrons. The quantitative estimate of drug-likeness (QED) is 0.191. The van der Waals surface area contributed by atoms with E-state index in [1.54, 1.807) is 23.6 Å². The molecule has 3 N–H and O–H groups in total. The number of fused-ring (bicyclic) bond motifs is 1. The highest BCUT2D eigenvalue weighted by molar-refractivity contribution is 7.13. The number of imidazole rings is 1. The summed E-state index contributed by atoms with van der Waals surface area (Å²) in [5, 5.41) is 11.0. The van der Waals surface area contributed by atoms with Crippen LogP contribution >= 0.6 is 11.3 Å². The first kappa shape index (κ1) is 25.4. The molecule has 0 aliphatic carbocycles. The number of aryl methyl sites for hydroxylation is 2. The minimum atomic E-state index is -0.0675. The van der Waals surface area contributed by atoms with Crippen molar-refractivity contribution in [3.8, 4) is 22.8 Å². The van der Waals surface area contributed by atoms with Crippen LogP contribution in [0.1, 0.15) is 41.9 Å². The summed E-state index contributed by atoms with van der Waals surface area (Å²) in [6, 6.07) is 10.2. The van der Waals surface area contributed by atoms with Crippen LogP contribution < -0.4 is 5.32 Å². The zero-order chi connectivity index (χ0) is 27.0. The van der Waals surface area contributed by atoms with Crippen molar-refractivity contribution >= 4 is 33.6 Å². The van der Waals surface area contributed by atoms with E-state index in [0.29, 0.717) is 11.5 Å². The van der Waals surface area contributed by atoms with Crippen molar-refractivity contribution in [2.24, 2.45) is 5.41 Å². The molecule has 0 bridgehead atoms. The molecule has 5 aromatic heterocycles. The number of rotatable bonds is 7. The van der Waals surface area contributed by atoms with Gasteiger partial charge >= 0.3 is 0 Å². The Morgan fingerprint density at radius 2 is 1.89 bits per heavy atom. The monoisotopic (exact) mass is 521 g/mol. The fourth-order valence-corrected chi connectivity index (χ4v) is 4.94. The molecule has 0 aromatic carbocycles. The van der Waals surface area contributed by atoms with Gasteiger partial charge in [0, 0.05) is 43.9 Å². The Bertz CT molecular complexity index is 1690. The van der Waals surface area contributed by atoms with Crippen molar-refractivity contribution < 1.29 is 0 Å². The Labute approximate surface area is 226 Å². The highest BCUT2D eigenvalue weighted by atomic mass is 32.1. The fraction of sp³-hybridized carbons (Fsp3) is 0.200. The molecule has 0 radical (unpaired) electrons. The lowest BCUT2D eigenvalue weighted by molar-refractivity contribution is 0.509. The van der Waals surface area contributed by atoms with E-state index < -0.39 is 0 Å². The van der Waals surface area contributed by atoms with Crippen LogP contribution in [0.3, 0.4) is 0 Å². The summed E-state index contributed by atoms with van der Waals surface area (Å²) in [6.07, 6.45) is 7.39. The van der Waals surface area contributed by atoms with E-state index in [0.717, 1.165) is 55.5 Å². The predicted molar refractivity (Wildman–Crippen MR) is 158 cm³/mol. The van der Waals surface area contributed by atoms with Gasteiger partial charge in [-0.25, -0.2) is 9.97 Å². The maximum absolute atomic E-state index is 4.96. The Balaban J connectivity index is 1.52. The molecule has 0 saturated carbocycles. The molecule has 0 atom stereocenters. The summed E-state index contributed by atoms with van der Waals surface area (Å²) in [6.45, 7) is 18.6. The number of nitrogens with one attached hydrogen (secondary N) is 3. The molecular weight excluding hydrogens is 490 g/mol. The SMILES string of the molecule is C=C/C=C(/c1ccc(C)s1)c1nc(-c2n[nH]c3ccc(-c4cncc(NC(=C)C(C)(C)C)c4)nc23)[nH]c1C. The van der Waals surface area contributed by atoms with E-state index in [1.807, 2.05) is 37.4 Å². The molecule has 5 heterocycles. The van der Waals surface area contributed by atoms with Gasteiger partial charge in [0.05, 0.1) is 28.8 Å². The molecule has 0 aliphatic heterocycles. The molecule has 0 saturated heterocycles. The first-order valence-electron chi connectivity index (χ1n) is 12.4. The second kappa shape index (κ2) is 9.87. The first-order valence-corrected chi connectivity index (χ1v) is 13.2. The largest absolute Gasteiger partial charge is 0.358 e. The molecule has 0 amide bonds. The van der Waals surface area contributed by atoms with Crippen LogP contribution in [0.5, 0.6) is 0 Å². The van der Waals surface area contributed by atoms with E-state index in [2.05, 4.69) is 78.5 Å². The number of allylic oxidation sites excluding steroid dienone is 3. The third kappa shape index (κ3) is 4.95. The summed E-state index contributed by atoms with van der Waals surface area (Å²) in [5.74, 6) is 0.659. The van der Waals surface area contributed by atoms with Gasteiger partial charge in [0.15, 0.2) is 11.5 Å². The van der Waals surface area contributed by atoms with Gasteiger partial charge in [-0.1, -0.05) is 46.1 Å². The third-order valence-electron chi connectivity index (χ3n) is 6.30. The summed E-state index contributed by atoms with van der Waals surface area (Å²) in [4.78, 5) is 20.2. The number of thiophene rings is 1. The normalized spacial score (nSPS) is 12.2. The number of hydrogen-bond acceptors (Lipinski definition) is 6. The van der Waals surface area contributed by atoms with Gasteiger partial charge < -0.3 is 10.3 Å². The van der Waals surface area contributed by atoms with Crippen LogP contribution in [0.2, 0.25) is 0 Å². The smallest absolute Gasteiger partial charge is 0.161 e. The molecule has 7 nitrogen and oxygen atoms in total. The molecule has 0 unspecified atom stereocenters. The van der Waals surface area contributed by atoms with E-state index in [1.165, 1.54) is 4.88 Å². The highest BCUT2D eigenvalue weighted by Crippen LogP contribution is 2.33. The lowest BCUT2D eigenvalue weighted by atomic mass is 9.93. The molecule has 5 aromatic rings. The highest BCUT2D eigenvalue weighted by Gasteiger charge is 2.20. The van der Waals surface area contributed by atoms with E-state index >= 15 is 0 Å². The maximum Gasteiger partial charge on any atom is 0.161 e. The van der Waals surface area contributed by atoms with Gasteiger partial charge in [-0.2, -0.15) is 5.10 Å². The molecule has 0 aliphatic rings. The Morgan fingerprint density at radius 1 is 1.08 bits per heavy atom. The summed E-state index contributed by atoms with van der Waals surface area (Å²) < 4.78 is 0. The zero-order valence-corrected chi connectivity index (χ0v) is 23.1. The molecular formula is C30H31N7S. The molecule has 0 fully saturated rings. The van der Waals surface area contributed by atoms with Crippen molar-refractivity contribution in [2.75, 3.05) is 5.32 Å². The average Bonchev–Trinajstić information content (AvgIpc) is 3.60. The van der Waals surface area contributed by atoms with Crippen LogP contribution in [0.4, 0.5) is 5.69 Å². The van der Waals surface area contributed by atoms with E-state index in [-0.39, 0.29) is 5.41 Å². The minimum Gasteiger partial charge on any atom is -0.358 e. The third-order valence-corrected chi connectivity index (χ3v) is 7.33.